The molecule has 1 atom stereocenters. The Morgan fingerprint density at radius 1 is 1.29 bits per heavy atom. The van der Waals surface area contributed by atoms with E-state index < -0.39 is 0 Å². The van der Waals surface area contributed by atoms with Gasteiger partial charge in [-0.05, 0) is 60.3 Å². The molecule has 0 aliphatic carbocycles. The van der Waals surface area contributed by atoms with E-state index in [1.165, 1.54) is 16.9 Å². The monoisotopic (exact) mass is 419 g/mol. The molecule has 0 saturated heterocycles. The fraction of sp³-hybridized carbons (Fsp3) is 0.400. The van der Waals surface area contributed by atoms with Crippen LogP contribution < -0.4 is 20.1 Å². The minimum atomic E-state index is -0.0842. The van der Waals surface area contributed by atoms with E-state index >= 15 is 0 Å². The molecule has 1 aromatic heterocycles. The van der Waals surface area contributed by atoms with Crippen LogP contribution in [0.3, 0.4) is 0 Å². The van der Waals surface area contributed by atoms with E-state index in [4.69, 9.17) is 21.7 Å². The average Bonchev–Trinajstić information content (AvgIpc) is 3.25. The number of carbonyl (C=O) groups excluding carboxylic acids is 1. The summed E-state index contributed by atoms with van der Waals surface area (Å²) in [4.78, 5) is 15.3. The molecule has 0 bridgehead atoms. The van der Waals surface area contributed by atoms with Crippen molar-refractivity contribution in [2.75, 3.05) is 33.9 Å². The van der Waals surface area contributed by atoms with E-state index in [2.05, 4.69) is 15.5 Å². The number of methoxy groups -OCH3 is 2. The molecule has 0 spiro atoms. The van der Waals surface area contributed by atoms with Gasteiger partial charge in [0.1, 0.15) is 0 Å². The first-order chi connectivity index (χ1) is 13.6. The predicted octanol–water partition coefficient (Wildman–Crippen LogP) is 2.99. The number of hydrogen-bond donors (Lipinski definition) is 2. The number of hydrogen-bond acceptors (Lipinski definition) is 5. The molecule has 0 radical (unpaired) electrons. The normalized spacial score (nSPS) is 15.5. The molecule has 2 aromatic rings. The third-order valence-electron chi connectivity index (χ3n) is 4.79. The van der Waals surface area contributed by atoms with Crippen LogP contribution in [0.1, 0.15) is 33.8 Å². The Labute approximate surface area is 174 Å². The molecule has 8 heteroatoms. The van der Waals surface area contributed by atoms with Crippen molar-refractivity contribution >= 4 is 34.6 Å². The summed E-state index contributed by atoms with van der Waals surface area (Å²) in [5.74, 6) is 1.31. The van der Waals surface area contributed by atoms with Crippen LogP contribution >= 0.6 is 23.6 Å². The second kappa shape index (κ2) is 9.25. The van der Waals surface area contributed by atoms with Gasteiger partial charge in [-0.2, -0.15) is 0 Å². The molecule has 6 nitrogen and oxygen atoms in total. The molecule has 2 N–H and O–H groups in total. The molecule has 2 heterocycles. The lowest BCUT2D eigenvalue weighted by molar-refractivity contribution is 0.0946. The first kappa shape index (κ1) is 20.4. The van der Waals surface area contributed by atoms with Gasteiger partial charge < -0.3 is 25.0 Å². The summed E-state index contributed by atoms with van der Waals surface area (Å²) < 4.78 is 11.0. The Bertz CT molecular complexity index is 839. The lowest BCUT2D eigenvalue weighted by Crippen LogP contribution is -2.48. The summed E-state index contributed by atoms with van der Waals surface area (Å²) in [6.45, 7) is 3.99. The molecule has 0 saturated carbocycles. The van der Waals surface area contributed by atoms with E-state index in [0.717, 1.165) is 25.1 Å². The van der Waals surface area contributed by atoms with Gasteiger partial charge in [0.25, 0.3) is 5.91 Å². The van der Waals surface area contributed by atoms with Crippen molar-refractivity contribution in [3.8, 4) is 11.5 Å². The Morgan fingerprint density at radius 2 is 2.04 bits per heavy atom. The first-order valence-corrected chi connectivity index (χ1v) is 10.5. The van der Waals surface area contributed by atoms with Crippen LogP contribution in [0.2, 0.25) is 0 Å². The van der Waals surface area contributed by atoms with Crippen LogP contribution in [0.15, 0.2) is 29.6 Å². The number of nitrogens with zero attached hydrogens (tertiary/aromatic N) is 1. The van der Waals surface area contributed by atoms with Crippen molar-refractivity contribution in [3.05, 3.63) is 45.6 Å². The SMILES string of the molecule is CCNC(=S)N1CCc2cc(OC)c(OC)cc2[C@@H]1CNC(=O)c1cccs1. The number of nitrogens with one attached hydrogen (secondary N) is 2. The van der Waals surface area contributed by atoms with E-state index in [1.54, 1.807) is 14.2 Å². The highest BCUT2D eigenvalue weighted by Gasteiger charge is 2.31. The van der Waals surface area contributed by atoms with E-state index in [1.807, 2.05) is 36.6 Å². The topological polar surface area (TPSA) is 62.8 Å². The summed E-state index contributed by atoms with van der Waals surface area (Å²) in [6.07, 6.45) is 0.844. The fourth-order valence-electron chi connectivity index (χ4n) is 3.43. The molecule has 0 unspecified atom stereocenters. The van der Waals surface area contributed by atoms with Gasteiger partial charge in [-0.15, -0.1) is 11.3 Å². The number of fused-ring (bicyclic) bond motifs is 1. The van der Waals surface area contributed by atoms with Crippen molar-refractivity contribution in [2.24, 2.45) is 0 Å². The number of carbonyl (C=O) groups is 1. The second-order valence-electron chi connectivity index (χ2n) is 6.39. The quantitative estimate of drug-likeness (QED) is 0.702. The summed E-state index contributed by atoms with van der Waals surface area (Å²) >= 11 is 7.03. The maximum atomic E-state index is 12.5. The van der Waals surface area contributed by atoms with Gasteiger partial charge >= 0.3 is 0 Å². The second-order valence-corrected chi connectivity index (χ2v) is 7.72. The largest absolute Gasteiger partial charge is 0.493 e. The van der Waals surface area contributed by atoms with Gasteiger partial charge in [-0.3, -0.25) is 4.79 Å². The Balaban J connectivity index is 1.91. The standard InChI is InChI=1S/C20H25N3O3S2/c1-4-21-20(27)23-8-7-13-10-16(25-2)17(26-3)11-14(13)15(23)12-22-19(24)18-6-5-9-28-18/h5-6,9-11,15H,4,7-8,12H2,1-3H3,(H,21,27)(H,22,24)/t15-/m0/s1. The van der Waals surface area contributed by atoms with Crippen LogP contribution in [-0.2, 0) is 6.42 Å². The first-order valence-electron chi connectivity index (χ1n) is 9.20. The highest BCUT2D eigenvalue weighted by molar-refractivity contribution is 7.80. The summed E-state index contributed by atoms with van der Waals surface area (Å²) in [7, 11) is 3.26. The van der Waals surface area contributed by atoms with E-state index in [9.17, 15) is 4.79 Å². The predicted molar refractivity (Wildman–Crippen MR) is 116 cm³/mol. The van der Waals surface area contributed by atoms with Crippen LogP contribution in [0.25, 0.3) is 0 Å². The smallest absolute Gasteiger partial charge is 0.261 e. The molecular weight excluding hydrogens is 394 g/mol. The fourth-order valence-corrected chi connectivity index (χ4v) is 4.43. The number of amides is 1. The number of benzene rings is 1. The molecule has 1 amide bonds. The van der Waals surface area contributed by atoms with Gasteiger partial charge in [0, 0.05) is 19.6 Å². The summed E-state index contributed by atoms with van der Waals surface area (Å²) in [5.41, 5.74) is 2.28. The van der Waals surface area contributed by atoms with Crippen LogP contribution in [0.4, 0.5) is 0 Å². The molecule has 1 aliphatic rings. The van der Waals surface area contributed by atoms with Gasteiger partial charge in [-0.25, -0.2) is 0 Å². The van der Waals surface area contributed by atoms with E-state index in [0.29, 0.717) is 28.0 Å². The molecule has 3 rings (SSSR count). The minimum absolute atomic E-state index is 0.0723. The molecule has 0 fully saturated rings. The van der Waals surface area contributed by atoms with E-state index in [-0.39, 0.29) is 11.9 Å². The lowest BCUT2D eigenvalue weighted by Gasteiger charge is -2.39. The number of rotatable bonds is 6. The zero-order valence-electron chi connectivity index (χ0n) is 16.3. The third kappa shape index (κ3) is 4.23. The van der Waals surface area contributed by atoms with Gasteiger partial charge in [0.15, 0.2) is 16.6 Å². The number of thiocarbonyl (C=S) groups is 1. The maximum Gasteiger partial charge on any atom is 0.261 e. The number of ether oxygens (including phenoxy) is 2. The minimum Gasteiger partial charge on any atom is -0.493 e. The molecule has 1 aliphatic heterocycles. The zero-order chi connectivity index (χ0) is 20.1. The van der Waals surface area contributed by atoms with Crippen LogP contribution in [0.5, 0.6) is 11.5 Å². The molecular formula is C20H25N3O3S2. The van der Waals surface area contributed by atoms with Gasteiger partial charge in [0.2, 0.25) is 0 Å². The highest BCUT2D eigenvalue weighted by Crippen LogP contribution is 2.38. The third-order valence-corrected chi connectivity index (χ3v) is 6.04. The zero-order valence-corrected chi connectivity index (χ0v) is 17.9. The van der Waals surface area contributed by atoms with Crippen molar-refractivity contribution in [3.63, 3.8) is 0 Å². The maximum absolute atomic E-state index is 12.5. The Hall–Kier alpha value is -2.32. The van der Waals surface area contributed by atoms with Crippen LogP contribution in [0, 0.1) is 0 Å². The van der Waals surface area contributed by atoms with Crippen molar-refractivity contribution in [2.45, 2.75) is 19.4 Å². The Morgan fingerprint density at radius 3 is 2.68 bits per heavy atom. The summed E-state index contributed by atoms with van der Waals surface area (Å²) in [6, 6.07) is 7.63. The van der Waals surface area contributed by atoms with Crippen molar-refractivity contribution < 1.29 is 14.3 Å². The van der Waals surface area contributed by atoms with Crippen LogP contribution in [-0.4, -0.2) is 49.8 Å². The summed E-state index contributed by atoms with van der Waals surface area (Å²) in [5, 5.41) is 8.88. The highest BCUT2D eigenvalue weighted by atomic mass is 32.1. The van der Waals surface area contributed by atoms with Crippen molar-refractivity contribution in [1.82, 2.24) is 15.5 Å². The van der Waals surface area contributed by atoms with Gasteiger partial charge in [-0.1, -0.05) is 6.07 Å². The van der Waals surface area contributed by atoms with Gasteiger partial charge in [0.05, 0.1) is 25.1 Å². The lowest BCUT2D eigenvalue weighted by atomic mass is 9.92. The van der Waals surface area contributed by atoms with Crippen molar-refractivity contribution in [1.29, 1.82) is 0 Å². The molecule has 1 aromatic carbocycles. The average molecular weight is 420 g/mol. The Kier molecular flexibility index (Phi) is 6.74. The number of thiophene rings is 1. The molecule has 28 heavy (non-hydrogen) atoms. The molecule has 150 valence electrons.